The minimum atomic E-state index is -6.12. The van der Waals surface area contributed by atoms with Crippen molar-refractivity contribution in [2.45, 2.75) is 0 Å². The zero-order valence-electron chi connectivity index (χ0n) is 16.2. The van der Waals surface area contributed by atoms with Crippen LogP contribution in [0.4, 0.5) is 13.9 Å². The summed E-state index contributed by atoms with van der Waals surface area (Å²) in [4.78, 5) is 0. The van der Waals surface area contributed by atoms with Gasteiger partial charge >= 0.3 is 357 Å². The minimum Gasteiger partial charge on any atom is 1.00 e. The first-order chi connectivity index (χ1) is 8.00. The van der Waals surface area contributed by atoms with E-state index < -0.39 is 58.6 Å². The van der Waals surface area contributed by atoms with Crippen LogP contribution < -0.4 is 269 Å². The van der Waals surface area contributed by atoms with E-state index in [0.717, 1.165) is 0 Å². The van der Waals surface area contributed by atoms with Gasteiger partial charge in [-0.2, -0.15) is 0 Å². The first-order valence-electron chi connectivity index (χ1n) is 2.87. The van der Waals surface area contributed by atoms with Gasteiger partial charge in [0, 0.05) is 0 Å². The molecule has 0 bridgehead atoms. The quantitative estimate of drug-likeness (QED) is 0.165. The van der Waals surface area contributed by atoms with Crippen molar-refractivity contribution >= 4 is 58.6 Å². The smallest absolute Gasteiger partial charge is 1.00 e. The molecule has 0 rings (SSSR count). The predicted molar refractivity (Wildman–Crippen MR) is 30.2 cm³/mol. The van der Waals surface area contributed by atoms with Crippen LogP contribution in [0.15, 0.2) is 0 Å². The summed E-state index contributed by atoms with van der Waals surface area (Å²) in [7, 11) is 0. The van der Waals surface area contributed by atoms with Crippen LogP contribution in [0.5, 0.6) is 0 Å². The van der Waals surface area contributed by atoms with Gasteiger partial charge in [0.2, 0.25) is 0 Å². The second kappa shape index (κ2) is 40.3. The van der Waals surface area contributed by atoms with E-state index in [1.54, 1.807) is 0 Å². The Hall–Kier alpha value is 8.83. The molecule has 128 valence electrons. The molecule has 28 heavy (non-hydrogen) atoms. The zero-order chi connectivity index (χ0) is 18.0. The Morgan fingerprint density at radius 2 is 0.321 bits per heavy atom. The molecule has 0 fully saturated rings. The van der Waals surface area contributed by atoms with E-state index in [9.17, 15) is 13.9 Å². The summed E-state index contributed by atoms with van der Waals surface area (Å²) >= 11 is -24.5. The topological polar surface area (TPSA) is 253 Å². The summed E-state index contributed by atoms with van der Waals surface area (Å²) < 4.78 is 143. The van der Waals surface area contributed by atoms with Crippen molar-refractivity contribution in [1.29, 1.82) is 0 Å². The molecule has 12 nitrogen and oxygen atoms in total. The first-order valence-corrected chi connectivity index (χ1v) is 14.9. The van der Waals surface area contributed by atoms with Crippen molar-refractivity contribution in [1.82, 2.24) is 0 Å². The van der Waals surface area contributed by atoms with Crippen LogP contribution in [0.25, 0.3) is 0 Å². The van der Waals surface area contributed by atoms with Crippen molar-refractivity contribution in [2.24, 2.45) is 0 Å². The fraction of sp³-hybridized carbons (Fsp3) is 0. The SMILES string of the molecule is O=[As]([O-])([O-])F.O=[As]([O-])([O-])F.O=[As]([O-])([O-])F.O=[As]([O-])([O-])F.[Na+].[Na+].[Na+].[Na+].[Na+].[Na+].[Na+].[Na+]. The van der Waals surface area contributed by atoms with E-state index in [-0.39, 0.29) is 236 Å². The average Bonchev–Trinajstić information content (AvgIpc) is 1.62. The van der Waals surface area contributed by atoms with E-state index in [4.69, 9.17) is 47.7 Å². The van der Waals surface area contributed by atoms with E-state index in [1.807, 2.05) is 0 Å². The molecule has 0 saturated heterocycles. The molecule has 0 heterocycles. The van der Waals surface area contributed by atoms with Crippen LogP contribution in [0.2, 0.25) is 0 Å². The van der Waals surface area contributed by atoms with Gasteiger partial charge in [-0.05, 0) is 0 Å². The summed E-state index contributed by atoms with van der Waals surface area (Å²) in [6.07, 6.45) is 0. The fourth-order valence-corrected chi connectivity index (χ4v) is 0. The standard InChI is InChI=1S/4AsFH2O3.8Na/c4*2-1(3,4)5;;;;;;;;/h4*(H2,3,4,5);;;;;;;;/q;;;;8*+1/p-8. The van der Waals surface area contributed by atoms with Gasteiger partial charge in [0.1, 0.15) is 0 Å². The maximum Gasteiger partial charge on any atom is 1.00 e. The molecule has 0 aromatic heterocycles. The first kappa shape index (κ1) is 76.7. The predicted octanol–water partition coefficient (Wildman–Crippen LogP) is -33.8. The Morgan fingerprint density at radius 1 is 0.321 bits per heavy atom. The molecule has 0 unspecified atom stereocenters. The molecule has 0 aliphatic rings. The molecule has 0 spiro atoms. The number of halogens is 4. The second-order valence-corrected chi connectivity index (χ2v) is 8.95. The molecule has 28 heteroatoms. The molecule has 0 aliphatic carbocycles. The van der Waals surface area contributed by atoms with Gasteiger partial charge in [-0.3, -0.25) is 0 Å². The number of hydrogen-bond donors (Lipinski definition) is 0. The van der Waals surface area contributed by atoms with E-state index >= 15 is 0 Å². The Kier molecular flexibility index (Phi) is 110. The van der Waals surface area contributed by atoms with Crippen LogP contribution in [0.1, 0.15) is 0 Å². The van der Waals surface area contributed by atoms with Crippen LogP contribution in [0.3, 0.4) is 0 Å². The Bertz CT molecular complexity index is 316. The molecule has 0 aliphatic heterocycles. The molecular formula is As4F4Na8O12. The third-order valence-corrected chi connectivity index (χ3v) is 0. The van der Waals surface area contributed by atoms with Crippen LogP contribution in [-0.2, 0) is 15.0 Å². The maximum atomic E-state index is 10.2. The second-order valence-electron chi connectivity index (χ2n) is 1.72. The summed E-state index contributed by atoms with van der Waals surface area (Å²) in [5.41, 5.74) is 0. The van der Waals surface area contributed by atoms with Gasteiger partial charge in [0.05, 0.1) is 0 Å². The molecule has 0 atom stereocenters. The third kappa shape index (κ3) is 511. The zero-order valence-corrected chi connectivity index (χ0v) is 39.7. The fourth-order valence-electron chi connectivity index (χ4n) is 0. The van der Waals surface area contributed by atoms with Crippen molar-refractivity contribution in [3.8, 4) is 0 Å². The molecule has 0 N–H and O–H groups in total. The van der Waals surface area contributed by atoms with Crippen LogP contribution in [0, 0.1) is 0 Å². The average molecular weight is 752 g/mol. The maximum absolute atomic E-state index is 10.2. The monoisotopic (exact) mass is 752 g/mol. The van der Waals surface area contributed by atoms with Crippen molar-refractivity contribution in [3.63, 3.8) is 0 Å². The summed E-state index contributed by atoms with van der Waals surface area (Å²) in [5.74, 6) is 0. The molecule has 0 aromatic carbocycles. The third-order valence-electron chi connectivity index (χ3n) is 0. The normalized spacial score (nSPS) is 8.43. The number of rotatable bonds is 0. The molecule has 0 amide bonds. The van der Waals surface area contributed by atoms with Gasteiger partial charge in [-0.15, -0.1) is 0 Å². The molecular weight excluding hydrogens is 752 g/mol. The largest absolute Gasteiger partial charge is 1.00 e. The minimum absolute atomic E-state index is 0. The van der Waals surface area contributed by atoms with Gasteiger partial charge in [0.15, 0.2) is 0 Å². The Labute approximate surface area is 347 Å². The number of hydrogen-bond acceptors (Lipinski definition) is 12. The van der Waals surface area contributed by atoms with E-state index in [2.05, 4.69) is 0 Å². The van der Waals surface area contributed by atoms with Gasteiger partial charge in [0.25, 0.3) is 0 Å². The van der Waals surface area contributed by atoms with Crippen molar-refractivity contribution in [2.75, 3.05) is 0 Å². The van der Waals surface area contributed by atoms with Gasteiger partial charge in [-0.25, -0.2) is 0 Å². The van der Waals surface area contributed by atoms with Crippen molar-refractivity contribution in [3.05, 3.63) is 0 Å². The summed E-state index contributed by atoms with van der Waals surface area (Å²) in [6, 6.07) is 0. The van der Waals surface area contributed by atoms with Gasteiger partial charge in [-0.1, -0.05) is 0 Å². The van der Waals surface area contributed by atoms with Crippen molar-refractivity contribution < 1.29 is 298 Å². The van der Waals surface area contributed by atoms with E-state index in [0.29, 0.717) is 0 Å². The summed E-state index contributed by atoms with van der Waals surface area (Å²) in [5, 5.41) is 0. The van der Waals surface area contributed by atoms with Gasteiger partial charge < -0.3 is 0 Å². The Balaban J connectivity index is -0.0000000111. The molecule has 0 aromatic rings. The molecule has 0 radical (unpaired) electrons. The van der Waals surface area contributed by atoms with Crippen LogP contribution >= 0.6 is 0 Å². The Morgan fingerprint density at radius 3 is 0.321 bits per heavy atom. The van der Waals surface area contributed by atoms with Crippen LogP contribution in [-0.4, -0.2) is 58.6 Å². The van der Waals surface area contributed by atoms with E-state index in [1.165, 1.54) is 0 Å². The summed E-state index contributed by atoms with van der Waals surface area (Å²) in [6.45, 7) is 0. The molecule has 0 saturated carbocycles.